The number of carbonyl (C=O) groups is 1. The summed E-state index contributed by atoms with van der Waals surface area (Å²) in [5, 5.41) is 7.01. The van der Waals surface area contributed by atoms with Crippen molar-refractivity contribution in [3.8, 4) is 0 Å². The average molecular weight is 229 g/mol. The summed E-state index contributed by atoms with van der Waals surface area (Å²) in [6.45, 7) is 2.40. The van der Waals surface area contributed by atoms with Gasteiger partial charge in [-0.2, -0.15) is 5.10 Å². The first-order valence-corrected chi connectivity index (χ1v) is 5.49. The third-order valence-electron chi connectivity index (χ3n) is 2.53. The van der Waals surface area contributed by atoms with E-state index in [-0.39, 0.29) is 5.91 Å². The second kappa shape index (κ2) is 4.82. The highest BCUT2D eigenvalue weighted by molar-refractivity contribution is 5.92. The van der Waals surface area contributed by atoms with Crippen LogP contribution < -0.4 is 5.32 Å². The van der Waals surface area contributed by atoms with Crippen LogP contribution in [0.4, 0.5) is 0 Å². The Bertz CT molecular complexity index is 517. The number of aryl methyl sites for hydroxylation is 2. The molecule has 4 heteroatoms. The van der Waals surface area contributed by atoms with Crippen molar-refractivity contribution >= 4 is 5.91 Å². The van der Waals surface area contributed by atoms with E-state index in [1.165, 1.54) is 0 Å². The van der Waals surface area contributed by atoms with Gasteiger partial charge in [-0.05, 0) is 18.6 Å². The minimum atomic E-state index is -0.100. The van der Waals surface area contributed by atoms with Crippen molar-refractivity contribution in [3.05, 3.63) is 53.3 Å². The highest BCUT2D eigenvalue weighted by atomic mass is 16.2. The van der Waals surface area contributed by atoms with E-state index in [1.54, 1.807) is 17.8 Å². The van der Waals surface area contributed by atoms with Crippen molar-refractivity contribution in [2.75, 3.05) is 0 Å². The molecule has 4 nitrogen and oxygen atoms in total. The van der Waals surface area contributed by atoms with Crippen molar-refractivity contribution in [1.29, 1.82) is 0 Å². The number of amides is 1. The molecule has 2 rings (SSSR count). The normalized spacial score (nSPS) is 10.2. The van der Waals surface area contributed by atoms with Crippen LogP contribution in [0, 0.1) is 6.92 Å². The first kappa shape index (κ1) is 11.4. The van der Waals surface area contributed by atoms with Crippen LogP contribution in [0.1, 0.15) is 21.7 Å². The van der Waals surface area contributed by atoms with E-state index in [9.17, 15) is 4.79 Å². The molecule has 88 valence electrons. The second-order valence-electron chi connectivity index (χ2n) is 3.96. The number of hydrogen-bond donors (Lipinski definition) is 1. The standard InChI is InChI=1S/C13H15N3O/c1-10-8-12(16(2)15-10)13(17)14-9-11-6-4-3-5-7-11/h3-8H,9H2,1-2H3,(H,14,17). The van der Waals surface area contributed by atoms with E-state index in [0.717, 1.165) is 11.3 Å². The molecule has 1 N–H and O–H groups in total. The van der Waals surface area contributed by atoms with Gasteiger partial charge in [0.1, 0.15) is 5.69 Å². The monoisotopic (exact) mass is 229 g/mol. The van der Waals surface area contributed by atoms with E-state index < -0.39 is 0 Å². The van der Waals surface area contributed by atoms with E-state index in [1.807, 2.05) is 37.3 Å². The van der Waals surface area contributed by atoms with Crippen LogP contribution in [0.25, 0.3) is 0 Å². The van der Waals surface area contributed by atoms with Gasteiger partial charge in [-0.25, -0.2) is 0 Å². The Kier molecular flexibility index (Phi) is 3.23. The molecule has 1 aromatic carbocycles. The van der Waals surface area contributed by atoms with Gasteiger partial charge in [0.05, 0.1) is 5.69 Å². The Morgan fingerprint density at radius 1 is 1.35 bits per heavy atom. The van der Waals surface area contributed by atoms with Gasteiger partial charge < -0.3 is 5.32 Å². The van der Waals surface area contributed by atoms with Gasteiger partial charge in [0.25, 0.3) is 5.91 Å². The third kappa shape index (κ3) is 2.72. The number of hydrogen-bond acceptors (Lipinski definition) is 2. The summed E-state index contributed by atoms with van der Waals surface area (Å²) in [6.07, 6.45) is 0. The molecule has 0 saturated heterocycles. The Morgan fingerprint density at radius 3 is 2.65 bits per heavy atom. The zero-order valence-electron chi connectivity index (χ0n) is 9.97. The predicted octanol–water partition coefficient (Wildman–Crippen LogP) is 1.66. The molecule has 2 aromatic rings. The summed E-state index contributed by atoms with van der Waals surface area (Å²) in [4.78, 5) is 11.9. The molecule has 0 aliphatic heterocycles. The van der Waals surface area contributed by atoms with Crippen LogP contribution in [0.5, 0.6) is 0 Å². The van der Waals surface area contributed by atoms with Crippen molar-refractivity contribution in [2.45, 2.75) is 13.5 Å². The number of rotatable bonds is 3. The van der Waals surface area contributed by atoms with Gasteiger partial charge in [0.15, 0.2) is 0 Å². The highest BCUT2D eigenvalue weighted by Gasteiger charge is 2.10. The fraction of sp³-hybridized carbons (Fsp3) is 0.231. The van der Waals surface area contributed by atoms with E-state index >= 15 is 0 Å². The minimum Gasteiger partial charge on any atom is -0.347 e. The summed E-state index contributed by atoms with van der Waals surface area (Å²) in [5.41, 5.74) is 2.51. The van der Waals surface area contributed by atoms with Gasteiger partial charge in [-0.15, -0.1) is 0 Å². The largest absolute Gasteiger partial charge is 0.347 e. The van der Waals surface area contributed by atoms with Crippen molar-refractivity contribution in [3.63, 3.8) is 0 Å². The molecule has 0 unspecified atom stereocenters. The Morgan fingerprint density at radius 2 is 2.06 bits per heavy atom. The summed E-state index contributed by atoms with van der Waals surface area (Å²) < 4.78 is 1.59. The molecule has 0 aliphatic rings. The Balaban J connectivity index is 2.01. The molecule has 1 amide bonds. The maximum atomic E-state index is 11.9. The van der Waals surface area contributed by atoms with Crippen LogP contribution in [0.3, 0.4) is 0 Å². The summed E-state index contributed by atoms with van der Waals surface area (Å²) >= 11 is 0. The van der Waals surface area contributed by atoms with Crippen molar-refractivity contribution < 1.29 is 4.79 Å². The fourth-order valence-electron chi connectivity index (χ4n) is 1.69. The van der Waals surface area contributed by atoms with Crippen LogP contribution in [0.2, 0.25) is 0 Å². The molecule has 0 aliphatic carbocycles. The van der Waals surface area contributed by atoms with E-state index in [4.69, 9.17) is 0 Å². The average Bonchev–Trinajstić information content (AvgIpc) is 2.67. The van der Waals surface area contributed by atoms with Gasteiger partial charge in [-0.3, -0.25) is 9.48 Å². The van der Waals surface area contributed by atoms with Crippen LogP contribution in [-0.2, 0) is 13.6 Å². The topological polar surface area (TPSA) is 46.9 Å². The van der Waals surface area contributed by atoms with Crippen LogP contribution in [0.15, 0.2) is 36.4 Å². The molecular weight excluding hydrogens is 214 g/mol. The fourth-order valence-corrected chi connectivity index (χ4v) is 1.69. The number of nitrogens with one attached hydrogen (secondary N) is 1. The molecule has 0 spiro atoms. The summed E-state index contributed by atoms with van der Waals surface area (Å²) in [6, 6.07) is 11.6. The molecule has 17 heavy (non-hydrogen) atoms. The maximum absolute atomic E-state index is 11.9. The molecule has 1 aromatic heterocycles. The SMILES string of the molecule is Cc1cc(C(=O)NCc2ccccc2)n(C)n1. The molecule has 0 bridgehead atoms. The third-order valence-corrected chi connectivity index (χ3v) is 2.53. The Hall–Kier alpha value is -2.10. The second-order valence-corrected chi connectivity index (χ2v) is 3.96. The lowest BCUT2D eigenvalue weighted by Gasteiger charge is -2.05. The van der Waals surface area contributed by atoms with Crippen LogP contribution in [-0.4, -0.2) is 15.7 Å². The molecule has 0 radical (unpaired) electrons. The zero-order valence-corrected chi connectivity index (χ0v) is 9.97. The van der Waals surface area contributed by atoms with E-state index in [0.29, 0.717) is 12.2 Å². The molecule has 0 atom stereocenters. The number of aromatic nitrogens is 2. The first-order valence-electron chi connectivity index (χ1n) is 5.49. The van der Waals surface area contributed by atoms with Crippen molar-refractivity contribution in [1.82, 2.24) is 15.1 Å². The first-order chi connectivity index (χ1) is 8.16. The lowest BCUT2D eigenvalue weighted by atomic mass is 10.2. The summed E-state index contributed by atoms with van der Waals surface area (Å²) in [5.74, 6) is -0.100. The number of nitrogens with zero attached hydrogens (tertiary/aromatic N) is 2. The lowest BCUT2D eigenvalue weighted by molar-refractivity contribution is 0.0941. The predicted molar refractivity (Wildman–Crippen MR) is 65.6 cm³/mol. The minimum absolute atomic E-state index is 0.100. The zero-order chi connectivity index (χ0) is 12.3. The van der Waals surface area contributed by atoms with Crippen LogP contribution >= 0.6 is 0 Å². The van der Waals surface area contributed by atoms with Gasteiger partial charge >= 0.3 is 0 Å². The smallest absolute Gasteiger partial charge is 0.269 e. The maximum Gasteiger partial charge on any atom is 0.269 e. The molecular formula is C13H15N3O. The van der Waals surface area contributed by atoms with Gasteiger partial charge in [0.2, 0.25) is 0 Å². The van der Waals surface area contributed by atoms with Crippen molar-refractivity contribution in [2.24, 2.45) is 7.05 Å². The quantitative estimate of drug-likeness (QED) is 0.870. The molecule has 0 fully saturated rings. The molecule has 0 saturated carbocycles. The lowest BCUT2D eigenvalue weighted by Crippen LogP contribution is -2.25. The van der Waals surface area contributed by atoms with E-state index in [2.05, 4.69) is 10.4 Å². The van der Waals surface area contributed by atoms with Gasteiger partial charge in [0, 0.05) is 13.6 Å². The Labute approximate surface area is 100 Å². The summed E-state index contributed by atoms with van der Waals surface area (Å²) in [7, 11) is 1.77. The molecule has 1 heterocycles. The highest BCUT2D eigenvalue weighted by Crippen LogP contribution is 2.03. The number of carbonyl (C=O) groups excluding carboxylic acids is 1. The van der Waals surface area contributed by atoms with Gasteiger partial charge in [-0.1, -0.05) is 30.3 Å². The number of benzene rings is 1.